The summed E-state index contributed by atoms with van der Waals surface area (Å²) in [6.07, 6.45) is -3.00. The molecule has 0 aliphatic carbocycles. The minimum Gasteiger partial charge on any atom is -0.496 e. The quantitative estimate of drug-likeness (QED) is 0.884. The molecule has 0 atom stereocenters. The van der Waals surface area contributed by atoms with Crippen molar-refractivity contribution in [3.63, 3.8) is 0 Å². The Labute approximate surface area is 125 Å². The Morgan fingerprint density at radius 3 is 2.68 bits per heavy atom. The second-order valence-corrected chi connectivity index (χ2v) is 4.45. The molecule has 22 heavy (non-hydrogen) atoms. The second kappa shape index (κ2) is 7.02. The number of hydrogen-bond donors (Lipinski definition) is 1. The fourth-order valence-electron chi connectivity index (χ4n) is 1.80. The number of nitrogens with zero attached hydrogens (tertiary/aromatic N) is 1. The molecule has 0 saturated carbocycles. The predicted octanol–water partition coefficient (Wildman–Crippen LogP) is 3.64. The number of pyridine rings is 1. The first-order chi connectivity index (χ1) is 10.5. The highest BCUT2D eigenvalue weighted by Crippen LogP contribution is 2.21. The Hall–Kier alpha value is -2.44. The van der Waals surface area contributed by atoms with Gasteiger partial charge in [-0.3, -0.25) is 0 Å². The summed E-state index contributed by atoms with van der Waals surface area (Å²) in [5.41, 5.74) is 1.54. The summed E-state index contributed by atoms with van der Waals surface area (Å²) in [5, 5.41) is 3.09. The number of para-hydroxylation sites is 1. The minimum atomic E-state index is -4.39. The van der Waals surface area contributed by atoms with Crippen LogP contribution in [0.4, 0.5) is 18.9 Å². The number of nitrogens with one attached hydrogen (secondary N) is 1. The fraction of sp³-hybridized carbons (Fsp3) is 0.267. The summed E-state index contributed by atoms with van der Waals surface area (Å²) in [5.74, 6) is 0.653. The number of ether oxygens (including phenoxy) is 2. The molecule has 4 nitrogen and oxygen atoms in total. The van der Waals surface area contributed by atoms with Gasteiger partial charge in [-0.1, -0.05) is 18.2 Å². The summed E-state index contributed by atoms with van der Waals surface area (Å²) in [7, 11) is 1.58. The van der Waals surface area contributed by atoms with Crippen LogP contribution in [-0.2, 0) is 6.54 Å². The SMILES string of the molecule is COc1ccccc1CNc1ccnc(OCC(F)(F)F)c1. The third-order valence-corrected chi connectivity index (χ3v) is 2.79. The molecule has 0 spiro atoms. The number of halogens is 3. The van der Waals surface area contributed by atoms with Crippen LogP contribution in [0.3, 0.4) is 0 Å². The molecule has 7 heteroatoms. The standard InChI is InChI=1S/C15H15F3N2O2/c1-21-13-5-3-2-4-11(13)9-20-12-6-7-19-14(8-12)22-10-15(16,17)18/h2-8H,9-10H2,1H3,(H,19,20). The van der Waals surface area contributed by atoms with Gasteiger partial charge in [0.15, 0.2) is 6.61 Å². The van der Waals surface area contributed by atoms with Gasteiger partial charge in [0.25, 0.3) is 0 Å². The largest absolute Gasteiger partial charge is 0.496 e. The summed E-state index contributed by atoms with van der Waals surface area (Å²) in [6.45, 7) is -0.900. The molecule has 0 bridgehead atoms. The van der Waals surface area contributed by atoms with Gasteiger partial charge in [0.2, 0.25) is 5.88 Å². The van der Waals surface area contributed by atoms with Crippen molar-refractivity contribution < 1.29 is 22.6 Å². The number of aromatic nitrogens is 1. The molecule has 1 aromatic heterocycles. The van der Waals surface area contributed by atoms with Crippen LogP contribution >= 0.6 is 0 Å². The molecule has 1 N–H and O–H groups in total. The van der Waals surface area contributed by atoms with Gasteiger partial charge in [-0.15, -0.1) is 0 Å². The van der Waals surface area contributed by atoms with E-state index in [0.717, 1.165) is 11.3 Å². The molecule has 0 aliphatic heterocycles. The van der Waals surface area contributed by atoms with E-state index in [4.69, 9.17) is 4.74 Å². The molecule has 0 saturated heterocycles. The zero-order valence-corrected chi connectivity index (χ0v) is 11.9. The number of anilines is 1. The second-order valence-electron chi connectivity index (χ2n) is 4.45. The van der Waals surface area contributed by atoms with Crippen LogP contribution in [0.15, 0.2) is 42.6 Å². The van der Waals surface area contributed by atoms with Gasteiger partial charge in [0, 0.05) is 30.1 Å². The Morgan fingerprint density at radius 2 is 1.95 bits per heavy atom. The molecule has 0 radical (unpaired) electrons. The van der Waals surface area contributed by atoms with Crippen molar-refractivity contribution in [2.45, 2.75) is 12.7 Å². The average Bonchev–Trinajstić information content (AvgIpc) is 2.51. The van der Waals surface area contributed by atoms with E-state index >= 15 is 0 Å². The first-order valence-electron chi connectivity index (χ1n) is 6.49. The van der Waals surface area contributed by atoms with Crippen LogP contribution < -0.4 is 14.8 Å². The molecule has 118 valence electrons. The predicted molar refractivity (Wildman–Crippen MR) is 76.1 cm³/mol. The highest BCUT2D eigenvalue weighted by atomic mass is 19.4. The van der Waals surface area contributed by atoms with E-state index in [0.29, 0.717) is 12.2 Å². The van der Waals surface area contributed by atoms with E-state index < -0.39 is 12.8 Å². The highest BCUT2D eigenvalue weighted by molar-refractivity contribution is 5.46. The van der Waals surface area contributed by atoms with E-state index in [-0.39, 0.29) is 5.88 Å². The Balaban J connectivity index is 1.98. The van der Waals surface area contributed by atoms with Crippen molar-refractivity contribution in [1.82, 2.24) is 4.98 Å². The normalized spacial score (nSPS) is 11.1. The van der Waals surface area contributed by atoms with E-state index in [2.05, 4.69) is 15.0 Å². The molecule has 0 amide bonds. The van der Waals surface area contributed by atoms with Crippen LogP contribution in [0.2, 0.25) is 0 Å². The first kappa shape index (κ1) is 15.9. The van der Waals surface area contributed by atoms with Crippen LogP contribution in [0, 0.1) is 0 Å². The number of alkyl halides is 3. The van der Waals surface area contributed by atoms with E-state index in [1.165, 1.54) is 12.3 Å². The lowest BCUT2D eigenvalue weighted by Crippen LogP contribution is -2.19. The summed E-state index contributed by atoms with van der Waals surface area (Å²) in [4.78, 5) is 3.74. The molecule has 2 aromatic rings. The monoisotopic (exact) mass is 312 g/mol. The molecule has 0 fully saturated rings. The van der Waals surface area contributed by atoms with Crippen LogP contribution in [0.25, 0.3) is 0 Å². The van der Waals surface area contributed by atoms with E-state index in [9.17, 15) is 13.2 Å². The molecule has 1 aromatic carbocycles. The zero-order valence-electron chi connectivity index (χ0n) is 11.9. The molecule has 1 heterocycles. The smallest absolute Gasteiger partial charge is 0.422 e. The lowest BCUT2D eigenvalue weighted by atomic mass is 10.2. The molecule has 0 unspecified atom stereocenters. The third kappa shape index (κ3) is 4.83. The highest BCUT2D eigenvalue weighted by Gasteiger charge is 2.28. The Morgan fingerprint density at radius 1 is 1.18 bits per heavy atom. The van der Waals surface area contributed by atoms with Crippen molar-refractivity contribution in [1.29, 1.82) is 0 Å². The van der Waals surface area contributed by atoms with E-state index in [1.54, 1.807) is 13.2 Å². The maximum Gasteiger partial charge on any atom is 0.422 e. The average molecular weight is 312 g/mol. The summed E-state index contributed by atoms with van der Waals surface area (Å²) in [6, 6.07) is 10.5. The van der Waals surface area contributed by atoms with Crippen molar-refractivity contribution in [3.05, 3.63) is 48.2 Å². The summed E-state index contributed by atoms with van der Waals surface area (Å²) >= 11 is 0. The Bertz CT molecular complexity index is 618. The van der Waals surface area contributed by atoms with Gasteiger partial charge in [-0.2, -0.15) is 13.2 Å². The van der Waals surface area contributed by atoms with Crippen molar-refractivity contribution >= 4 is 5.69 Å². The van der Waals surface area contributed by atoms with Crippen molar-refractivity contribution in [2.75, 3.05) is 19.0 Å². The van der Waals surface area contributed by atoms with Gasteiger partial charge in [-0.25, -0.2) is 4.98 Å². The van der Waals surface area contributed by atoms with Crippen LogP contribution in [-0.4, -0.2) is 24.9 Å². The van der Waals surface area contributed by atoms with Gasteiger partial charge < -0.3 is 14.8 Å². The molecular formula is C15H15F3N2O2. The fourth-order valence-corrected chi connectivity index (χ4v) is 1.80. The van der Waals surface area contributed by atoms with Gasteiger partial charge in [-0.05, 0) is 12.1 Å². The van der Waals surface area contributed by atoms with Crippen LogP contribution in [0.5, 0.6) is 11.6 Å². The number of rotatable bonds is 6. The first-order valence-corrected chi connectivity index (χ1v) is 6.49. The third-order valence-electron chi connectivity index (χ3n) is 2.79. The van der Waals surface area contributed by atoms with Gasteiger partial charge in [0.05, 0.1) is 7.11 Å². The topological polar surface area (TPSA) is 43.4 Å². The molecular weight excluding hydrogens is 297 g/mol. The zero-order chi connectivity index (χ0) is 16.0. The van der Waals surface area contributed by atoms with Gasteiger partial charge >= 0.3 is 6.18 Å². The molecule has 0 aliphatic rings. The van der Waals surface area contributed by atoms with Crippen molar-refractivity contribution in [3.8, 4) is 11.6 Å². The molecule has 2 rings (SSSR count). The maximum absolute atomic E-state index is 12.1. The Kier molecular flexibility index (Phi) is 5.08. The number of benzene rings is 1. The lowest BCUT2D eigenvalue weighted by Gasteiger charge is -2.12. The maximum atomic E-state index is 12.1. The number of hydrogen-bond acceptors (Lipinski definition) is 4. The van der Waals surface area contributed by atoms with Gasteiger partial charge in [0.1, 0.15) is 5.75 Å². The number of methoxy groups -OCH3 is 1. The van der Waals surface area contributed by atoms with Crippen LogP contribution in [0.1, 0.15) is 5.56 Å². The van der Waals surface area contributed by atoms with Crippen molar-refractivity contribution in [2.24, 2.45) is 0 Å². The summed E-state index contributed by atoms with van der Waals surface area (Å²) < 4.78 is 46.2. The lowest BCUT2D eigenvalue weighted by molar-refractivity contribution is -0.154. The van der Waals surface area contributed by atoms with E-state index in [1.807, 2.05) is 24.3 Å². The minimum absolute atomic E-state index is 0.0812.